The second-order valence-electron chi connectivity index (χ2n) is 3.68. The first-order valence-electron chi connectivity index (χ1n) is 5.29. The van der Waals surface area contributed by atoms with E-state index in [9.17, 15) is 8.42 Å². The monoisotopic (exact) mass is 364 g/mol. The lowest BCUT2D eigenvalue weighted by atomic mass is 10.3. The zero-order valence-corrected chi connectivity index (χ0v) is 12.8. The molecule has 0 radical (unpaired) electrons. The molecule has 2 rings (SSSR count). The van der Waals surface area contributed by atoms with Gasteiger partial charge >= 0.3 is 0 Å². The van der Waals surface area contributed by atoms with Crippen LogP contribution in [0.5, 0.6) is 5.75 Å². The Bertz CT molecular complexity index is 659. The third kappa shape index (κ3) is 3.95. The lowest BCUT2D eigenvalue weighted by Crippen LogP contribution is -2.06. The van der Waals surface area contributed by atoms with Gasteiger partial charge in [0.25, 0.3) is 9.05 Å². The highest BCUT2D eigenvalue weighted by Gasteiger charge is 2.12. The third-order valence-electron chi connectivity index (χ3n) is 2.35. The van der Waals surface area contributed by atoms with Crippen LogP contribution >= 0.6 is 26.6 Å². The minimum absolute atomic E-state index is 0.0306. The molecular weight excluding hydrogens is 356 g/mol. The fourth-order valence-electron chi connectivity index (χ4n) is 1.43. The average Bonchev–Trinajstić information content (AvgIpc) is 2.83. The molecule has 0 aliphatic rings. The number of ether oxygens (including phenoxy) is 1. The van der Waals surface area contributed by atoms with Crippen LogP contribution in [0.2, 0.25) is 0 Å². The molecule has 0 saturated heterocycles. The molecule has 0 unspecified atom stereocenters. The zero-order chi connectivity index (χ0) is 13.9. The van der Waals surface area contributed by atoms with Crippen LogP contribution in [0.25, 0.3) is 0 Å². The molecule has 1 aromatic heterocycles. The van der Waals surface area contributed by atoms with Gasteiger partial charge in [0.1, 0.15) is 12.4 Å². The molecule has 0 aliphatic carbocycles. The minimum Gasteiger partial charge on any atom is -0.491 e. The van der Waals surface area contributed by atoms with E-state index in [1.807, 2.05) is 10.8 Å². The molecule has 1 aromatic carbocycles. The normalized spacial score (nSPS) is 11.5. The van der Waals surface area contributed by atoms with Crippen molar-refractivity contribution in [1.82, 2.24) is 9.55 Å². The average molecular weight is 366 g/mol. The Morgan fingerprint density at radius 1 is 1.42 bits per heavy atom. The van der Waals surface area contributed by atoms with Crippen LogP contribution in [0.3, 0.4) is 0 Å². The van der Waals surface area contributed by atoms with Gasteiger partial charge in [-0.05, 0) is 34.1 Å². The van der Waals surface area contributed by atoms with Crippen LogP contribution in [0.1, 0.15) is 0 Å². The number of hydrogen-bond acceptors (Lipinski definition) is 4. The van der Waals surface area contributed by atoms with Gasteiger partial charge in [-0.15, -0.1) is 0 Å². The summed E-state index contributed by atoms with van der Waals surface area (Å²) in [4.78, 5) is 3.95. The zero-order valence-electron chi connectivity index (χ0n) is 9.66. The first kappa shape index (κ1) is 14.4. The highest BCUT2D eigenvalue weighted by molar-refractivity contribution is 9.10. The Labute approximate surface area is 123 Å². The van der Waals surface area contributed by atoms with Crippen molar-refractivity contribution in [1.29, 1.82) is 0 Å². The van der Waals surface area contributed by atoms with E-state index in [1.54, 1.807) is 18.6 Å². The smallest absolute Gasteiger partial charge is 0.261 e. The molecule has 0 fully saturated rings. The largest absolute Gasteiger partial charge is 0.491 e. The number of rotatable bonds is 5. The van der Waals surface area contributed by atoms with E-state index in [-0.39, 0.29) is 4.90 Å². The summed E-state index contributed by atoms with van der Waals surface area (Å²) in [6.07, 6.45) is 5.22. The fraction of sp³-hybridized carbons (Fsp3) is 0.182. The Kier molecular flexibility index (Phi) is 4.49. The van der Waals surface area contributed by atoms with E-state index < -0.39 is 9.05 Å². The van der Waals surface area contributed by atoms with Gasteiger partial charge < -0.3 is 9.30 Å². The fourth-order valence-corrected chi connectivity index (χ4v) is 2.85. The molecule has 5 nitrogen and oxygen atoms in total. The number of imidazole rings is 1. The standard InChI is InChI=1S/C11H10BrClN2O3S/c12-10-7-9(19(13,16)17)1-2-11(10)18-6-5-15-4-3-14-8-15/h1-4,7-8H,5-6H2. The van der Waals surface area contributed by atoms with Crippen molar-refractivity contribution in [3.05, 3.63) is 41.4 Å². The van der Waals surface area contributed by atoms with Crippen molar-refractivity contribution in [3.63, 3.8) is 0 Å². The lowest BCUT2D eigenvalue weighted by Gasteiger charge is -2.09. The van der Waals surface area contributed by atoms with E-state index in [0.29, 0.717) is 23.4 Å². The Balaban J connectivity index is 2.01. The van der Waals surface area contributed by atoms with E-state index in [2.05, 4.69) is 20.9 Å². The SMILES string of the molecule is O=S(=O)(Cl)c1ccc(OCCn2ccnc2)c(Br)c1. The summed E-state index contributed by atoms with van der Waals surface area (Å²) < 4.78 is 30.3. The topological polar surface area (TPSA) is 61.2 Å². The van der Waals surface area contributed by atoms with Gasteiger partial charge in [0.2, 0.25) is 0 Å². The van der Waals surface area contributed by atoms with Gasteiger partial charge in [0.15, 0.2) is 0 Å². The molecular formula is C11H10BrClN2O3S. The second-order valence-corrected chi connectivity index (χ2v) is 7.10. The molecule has 2 aromatic rings. The molecule has 19 heavy (non-hydrogen) atoms. The maximum atomic E-state index is 11.2. The summed E-state index contributed by atoms with van der Waals surface area (Å²) in [5.41, 5.74) is 0. The molecule has 0 amide bonds. The molecule has 0 aliphatic heterocycles. The summed E-state index contributed by atoms with van der Waals surface area (Å²) in [6.45, 7) is 1.10. The predicted molar refractivity (Wildman–Crippen MR) is 74.9 cm³/mol. The molecule has 0 spiro atoms. The van der Waals surface area contributed by atoms with Crippen molar-refractivity contribution < 1.29 is 13.2 Å². The second kappa shape index (κ2) is 5.94. The molecule has 0 saturated carbocycles. The van der Waals surface area contributed by atoms with Crippen molar-refractivity contribution in [2.24, 2.45) is 0 Å². The van der Waals surface area contributed by atoms with E-state index in [0.717, 1.165) is 0 Å². The maximum absolute atomic E-state index is 11.2. The molecule has 0 N–H and O–H groups in total. The molecule has 0 bridgehead atoms. The summed E-state index contributed by atoms with van der Waals surface area (Å²) in [6, 6.07) is 4.38. The highest BCUT2D eigenvalue weighted by atomic mass is 79.9. The quantitative estimate of drug-likeness (QED) is 0.764. The summed E-state index contributed by atoms with van der Waals surface area (Å²) in [7, 11) is 1.53. The minimum atomic E-state index is -3.72. The van der Waals surface area contributed by atoms with Gasteiger partial charge in [0.05, 0.1) is 22.2 Å². The van der Waals surface area contributed by atoms with Gasteiger partial charge in [-0.3, -0.25) is 0 Å². The first-order chi connectivity index (χ1) is 8.97. The van der Waals surface area contributed by atoms with Gasteiger partial charge in [0, 0.05) is 23.1 Å². The number of hydrogen-bond donors (Lipinski definition) is 0. The summed E-state index contributed by atoms with van der Waals surface area (Å²) in [5.74, 6) is 0.559. The van der Waals surface area contributed by atoms with Crippen molar-refractivity contribution >= 4 is 35.7 Å². The van der Waals surface area contributed by atoms with Gasteiger partial charge in [-0.1, -0.05) is 0 Å². The van der Waals surface area contributed by atoms with Crippen LogP contribution in [0.4, 0.5) is 0 Å². The predicted octanol–water partition coefficient (Wildman–Crippen LogP) is 2.65. The first-order valence-corrected chi connectivity index (χ1v) is 8.40. The van der Waals surface area contributed by atoms with Crippen LogP contribution in [-0.2, 0) is 15.6 Å². The summed E-state index contributed by atoms with van der Waals surface area (Å²) >= 11 is 3.25. The van der Waals surface area contributed by atoms with E-state index in [1.165, 1.54) is 12.1 Å². The van der Waals surface area contributed by atoms with Crippen LogP contribution < -0.4 is 4.74 Å². The lowest BCUT2D eigenvalue weighted by molar-refractivity contribution is 0.296. The van der Waals surface area contributed by atoms with Crippen molar-refractivity contribution in [2.45, 2.75) is 11.4 Å². The molecule has 1 heterocycles. The van der Waals surface area contributed by atoms with Crippen LogP contribution in [0, 0.1) is 0 Å². The summed E-state index contributed by atoms with van der Waals surface area (Å²) in [5, 5.41) is 0. The highest BCUT2D eigenvalue weighted by Crippen LogP contribution is 2.29. The maximum Gasteiger partial charge on any atom is 0.261 e. The molecule has 102 valence electrons. The third-order valence-corrected chi connectivity index (χ3v) is 4.32. The Morgan fingerprint density at radius 3 is 2.79 bits per heavy atom. The van der Waals surface area contributed by atoms with Gasteiger partial charge in [-0.25, -0.2) is 13.4 Å². The van der Waals surface area contributed by atoms with Crippen LogP contribution in [-0.4, -0.2) is 24.6 Å². The Morgan fingerprint density at radius 2 is 2.21 bits per heavy atom. The Hall–Kier alpha value is -1.05. The molecule has 0 atom stereocenters. The number of aromatic nitrogens is 2. The van der Waals surface area contributed by atoms with E-state index in [4.69, 9.17) is 15.4 Å². The van der Waals surface area contributed by atoms with Crippen LogP contribution in [0.15, 0.2) is 46.3 Å². The number of benzene rings is 1. The van der Waals surface area contributed by atoms with Crippen molar-refractivity contribution in [3.8, 4) is 5.75 Å². The number of halogens is 2. The van der Waals surface area contributed by atoms with Crippen molar-refractivity contribution in [2.75, 3.05) is 6.61 Å². The number of nitrogens with zero attached hydrogens (tertiary/aromatic N) is 2. The van der Waals surface area contributed by atoms with E-state index >= 15 is 0 Å². The van der Waals surface area contributed by atoms with Gasteiger partial charge in [-0.2, -0.15) is 0 Å². The molecule has 8 heteroatoms.